The van der Waals surface area contributed by atoms with Gasteiger partial charge in [0.2, 0.25) is 5.75 Å². The van der Waals surface area contributed by atoms with Gasteiger partial charge in [0, 0.05) is 13.1 Å². The summed E-state index contributed by atoms with van der Waals surface area (Å²) in [5.74, 6) is 8.28. The number of nitrogen functional groups attached to an aromatic ring is 1. The van der Waals surface area contributed by atoms with Gasteiger partial charge in [0.1, 0.15) is 6.33 Å². The lowest BCUT2D eigenvalue weighted by atomic mass is 9.84. The van der Waals surface area contributed by atoms with Gasteiger partial charge in [-0.2, -0.15) is 0 Å². The van der Waals surface area contributed by atoms with E-state index in [1.165, 1.54) is 38.4 Å². The molecule has 0 saturated heterocycles. The van der Waals surface area contributed by atoms with Crippen molar-refractivity contribution in [3.63, 3.8) is 0 Å². The first-order valence-corrected chi connectivity index (χ1v) is 7.29. The molecule has 1 aliphatic carbocycles. The third-order valence-electron chi connectivity index (χ3n) is 4.40. The van der Waals surface area contributed by atoms with Crippen LogP contribution in [0.15, 0.2) is 6.33 Å². The minimum Gasteiger partial charge on any atom is -0.490 e. The van der Waals surface area contributed by atoms with Crippen molar-refractivity contribution in [2.45, 2.75) is 45.1 Å². The molecular weight excluding hydrogens is 254 g/mol. The molecule has 0 bridgehead atoms. The Morgan fingerprint density at radius 2 is 2.05 bits per heavy atom. The summed E-state index contributed by atoms with van der Waals surface area (Å²) in [6.45, 7) is 2.28. The summed E-state index contributed by atoms with van der Waals surface area (Å²) in [7, 11) is 3.69. The molecule has 2 rings (SSSR count). The predicted octanol–water partition coefficient (Wildman–Crippen LogP) is 2.18. The Kier molecular flexibility index (Phi) is 5.00. The predicted molar refractivity (Wildman–Crippen MR) is 80.8 cm³/mol. The smallest absolute Gasteiger partial charge is 0.205 e. The number of methoxy groups -OCH3 is 1. The van der Waals surface area contributed by atoms with Crippen LogP contribution in [0.3, 0.4) is 0 Å². The number of nitrogens with zero attached hydrogens (tertiary/aromatic N) is 3. The highest BCUT2D eigenvalue weighted by molar-refractivity contribution is 5.64. The van der Waals surface area contributed by atoms with Crippen molar-refractivity contribution in [1.29, 1.82) is 0 Å². The standard InChI is InChI=1S/C14H25N5O/c1-4-10-5-7-11(8-6-10)19(2)14-12(20-3)13(18-15)16-9-17-14/h9-11H,4-8,15H2,1-3H3,(H,16,17,18). The second-order valence-corrected chi connectivity index (χ2v) is 5.42. The topological polar surface area (TPSA) is 76.3 Å². The highest BCUT2D eigenvalue weighted by atomic mass is 16.5. The van der Waals surface area contributed by atoms with E-state index in [0.717, 1.165) is 11.7 Å². The first-order valence-electron chi connectivity index (χ1n) is 7.29. The Hall–Kier alpha value is -1.56. The van der Waals surface area contributed by atoms with Gasteiger partial charge in [-0.15, -0.1) is 0 Å². The van der Waals surface area contributed by atoms with E-state index < -0.39 is 0 Å². The van der Waals surface area contributed by atoms with E-state index >= 15 is 0 Å². The highest BCUT2D eigenvalue weighted by Crippen LogP contribution is 2.36. The maximum Gasteiger partial charge on any atom is 0.205 e. The molecule has 0 aliphatic heterocycles. The minimum atomic E-state index is 0.507. The quantitative estimate of drug-likeness (QED) is 0.635. The van der Waals surface area contributed by atoms with Crippen LogP contribution in [-0.2, 0) is 0 Å². The first kappa shape index (κ1) is 14.8. The van der Waals surface area contributed by atoms with E-state index in [1.807, 2.05) is 0 Å². The summed E-state index contributed by atoms with van der Waals surface area (Å²) in [6, 6.07) is 0.507. The molecule has 0 spiro atoms. The lowest BCUT2D eigenvalue weighted by Gasteiger charge is -2.35. The number of hydrogen-bond donors (Lipinski definition) is 2. The first-order chi connectivity index (χ1) is 9.71. The Labute approximate surface area is 120 Å². The van der Waals surface area contributed by atoms with E-state index in [1.54, 1.807) is 7.11 Å². The molecule has 1 saturated carbocycles. The van der Waals surface area contributed by atoms with Gasteiger partial charge in [-0.05, 0) is 31.6 Å². The Morgan fingerprint density at radius 1 is 1.35 bits per heavy atom. The van der Waals surface area contributed by atoms with Crippen molar-refractivity contribution in [1.82, 2.24) is 9.97 Å². The van der Waals surface area contributed by atoms with Gasteiger partial charge in [-0.3, -0.25) is 0 Å². The molecule has 20 heavy (non-hydrogen) atoms. The molecule has 1 aromatic rings. The molecule has 1 heterocycles. The van der Waals surface area contributed by atoms with E-state index in [-0.39, 0.29) is 0 Å². The SMILES string of the molecule is CCC1CCC(N(C)c2ncnc(NN)c2OC)CC1. The van der Waals surface area contributed by atoms with Crippen LogP contribution in [0, 0.1) is 5.92 Å². The number of nitrogens with one attached hydrogen (secondary N) is 1. The minimum absolute atomic E-state index is 0.507. The van der Waals surface area contributed by atoms with Crippen molar-refractivity contribution in [3.8, 4) is 5.75 Å². The second-order valence-electron chi connectivity index (χ2n) is 5.42. The molecular formula is C14H25N5O. The molecule has 0 aromatic carbocycles. The summed E-state index contributed by atoms with van der Waals surface area (Å²) in [6.07, 6.45) is 7.79. The van der Waals surface area contributed by atoms with Crippen LogP contribution in [-0.4, -0.2) is 30.2 Å². The third kappa shape index (κ3) is 2.95. The number of hydrogen-bond acceptors (Lipinski definition) is 6. The van der Waals surface area contributed by atoms with Gasteiger partial charge in [0.05, 0.1) is 7.11 Å². The van der Waals surface area contributed by atoms with Crippen molar-refractivity contribution in [2.75, 3.05) is 24.5 Å². The van der Waals surface area contributed by atoms with Gasteiger partial charge >= 0.3 is 0 Å². The summed E-state index contributed by atoms with van der Waals surface area (Å²) in [4.78, 5) is 10.7. The number of aromatic nitrogens is 2. The van der Waals surface area contributed by atoms with Crippen LogP contribution in [0.4, 0.5) is 11.6 Å². The van der Waals surface area contributed by atoms with E-state index in [4.69, 9.17) is 10.6 Å². The van der Waals surface area contributed by atoms with Crippen molar-refractivity contribution in [3.05, 3.63) is 6.33 Å². The lowest BCUT2D eigenvalue weighted by Crippen LogP contribution is -2.36. The van der Waals surface area contributed by atoms with Crippen LogP contribution in [0.25, 0.3) is 0 Å². The molecule has 0 atom stereocenters. The van der Waals surface area contributed by atoms with Crippen LogP contribution in [0.2, 0.25) is 0 Å². The summed E-state index contributed by atoms with van der Waals surface area (Å²) in [5, 5.41) is 0. The fourth-order valence-electron chi connectivity index (χ4n) is 3.02. The van der Waals surface area contributed by atoms with E-state index in [2.05, 4.69) is 34.3 Å². The molecule has 6 nitrogen and oxygen atoms in total. The van der Waals surface area contributed by atoms with Crippen LogP contribution < -0.4 is 20.9 Å². The monoisotopic (exact) mass is 279 g/mol. The number of hydrazine groups is 1. The average Bonchev–Trinajstić information content (AvgIpc) is 2.53. The summed E-state index contributed by atoms with van der Waals surface area (Å²) in [5.41, 5.74) is 2.56. The van der Waals surface area contributed by atoms with Gasteiger partial charge in [-0.1, -0.05) is 13.3 Å². The van der Waals surface area contributed by atoms with Gasteiger partial charge in [0.15, 0.2) is 11.6 Å². The third-order valence-corrected chi connectivity index (χ3v) is 4.40. The Morgan fingerprint density at radius 3 is 2.60 bits per heavy atom. The molecule has 1 fully saturated rings. The maximum absolute atomic E-state index is 5.47. The van der Waals surface area contributed by atoms with Gasteiger partial charge in [-0.25, -0.2) is 15.8 Å². The van der Waals surface area contributed by atoms with Crippen molar-refractivity contribution in [2.24, 2.45) is 11.8 Å². The highest BCUT2D eigenvalue weighted by Gasteiger charge is 2.26. The molecule has 0 radical (unpaired) electrons. The maximum atomic E-state index is 5.47. The second kappa shape index (κ2) is 6.74. The molecule has 1 aliphatic rings. The molecule has 112 valence electrons. The normalized spacial score (nSPS) is 22.4. The zero-order chi connectivity index (χ0) is 14.5. The zero-order valence-corrected chi connectivity index (χ0v) is 12.6. The molecule has 6 heteroatoms. The van der Waals surface area contributed by atoms with E-state index in [9.17, 15) is 0 Å². The fraction of sp³-hybridized carbons (Fsp3) is 0.714. The molecule has 0 unspecified atom stereocenters. The Bertz CT molecular complexity index is 432. The molecule has 3 N–H and O–H groups in total. The number of nitrogens with two attached hydrogens (primary N) is 1. The van der Waals surface area contributed by atoms with Gasteiger partial charge in [0.25, 0.3) is 0 Å². The fourth-order valence-corrected chi connectivity index (χ4v) is 3.02. The van der Waals surface area contributed by atoms with Crippen molar-refractivity contribution >= 4 is 11.6 Å². The Balaban J connectivity index is 2.15. The molecule has 0 amide bonds. The summed E-state index contributed by atoms with van der Waals surface area (Å²) < 4.78 is 5.41. The summed E-state index contributed by atoms with van der Waals surface area (Å²) >= 11 is 0. The number of rotatable bonds is 5. The zero-order valence-electron chi connectivity index (χ0n) is 12.6. The van der Waals surface area contributed by atoms with Crippen LogP contribution in [0.5, 0.6) is 5.75 Å². The van der Waals surface area contributed by atoms with Gasteiger partial charge < -0.3 is 15.1 Å². The van der Waals surface area contributed by atoms with Crippen LogP contribution >= 0.6 is 0 Å². The van der Waals surface area contributed by atoms with Crippen LogP contribution in [0.1, 0.15) is 39.0 Å². The number of ether oxygens (including phenoxy) is 1. The average molecular weight is 279 g/mol. The molecule has 1 aromatic heterocycles. The van der Waals surface area contributed by atoms with Crippen molar-refractivity contribution < 1.29 is 4.74 Å². The largest absolute Gasteiger partial charge is 0.490 e. The lowest BCUT2D eigenvalue weighted by molar-refractivity contribution is 0.311. The number of anilines is 2. The van der Waals surface area contributed by atoms with E-state index in [0.29, 0.717) is 17.6 Å².